The van der Waals surface area contributed by atoms with Crippen LogP contribution >= 0.6 is 0 Å². The van der Waals surface area contributed by atoms with Gasteiger partial charge in [0.1, 0.15) is 0 Å². The average Bonchev–Trinajstić information content (AvgIpc) is 2.53. The van der Waals surface area contributed by atoms with Crippen LogP contribution in [0, 0.1) is 0 Å². The fraction of sp³-hybridized carbons (Fsp3) is 0.176. The Morgan fingerprint density at radius 2 is 2.05 bits per heavy atom. The third-order valence-corrected chi connectivity index (χ3v) is 2.81. The van der Waals surface area contributed by atoms with Crippen LogP contribution in [0.3, 0.4) is 0 Å². The zero-order chi connectivity index (χ0) is 14.9. The van der Waals surface area contributed by atoms with Gasteiger partial charge in [-0.2, -0.15) is 0 Å². The fourth-order valence-electron chi connectivity index (χ4n) is 1.80. The van der Waals surface area contributed by atoms with E-state index in [0.29, 0.717) is 19.0 Å². The molecule has 0 bridgehead atoms. The van der Waals surface area contributed by atoms with E-state index in [1.807, 2.05) is 49.4 Å². The van der Waals surface area contributed by atoms with E-state index in [2.05, 4.69) is 10.3 Å². The molecule has 0 spiro atoms. The number of nitrogens with one attached hydrogen (secondary N) is 1. The quantitative estimate of drug-likeness (QED) is 0.829. The summed E-state index contributed by atoms with van der Waals surface area (Å²) in [7, 11) is 0. The van der Waals surface area contributed by atoms with Gasteiger partial charge >= 0.3 is 0 Å². The Morgan fingerprint density at radius 3 is 2.81 bits per heavy atom. The standard InChI is InChI=1S/C17H18N2O2/c1-2-21-17-15(9-6-12-18-17)13-19-16(20)11-10-14-7-4-3-5-8-14/h3-12H,2,13H2,1H3,(H,19,20). The number of aromatic nitrogens is 1. The second-order valence-electron chi connectivity index (χ2n) is 4.36. The van der Waals surface area contributed by atoms with Gasteiger partial charge in [-0.25, -0.2) is 4.98 Å². The number of benzene rings is 1. The molecule has 4 heteroatoms. The van der Waals surface area contributed by atoms with E-state index in [1.165, 1.54) is 6.08 Å². The molecule has 0 aliphatic carbocycles. The molecule has 1 amide bonds. The van der Waals surface area contributed by atoms with E-state index in [4.69, 9.17) is 4.74 Å². The highest BCUT2D eigenvalue weighted by molar-refractivity contribution is 5.91. The molecule has 21 heavy (non-hydrogen) atoms. The van der Waals surface area contributed by atoms with Gasteiger partial charge < -0.3 is 10.1 Å². The first kappa shape index (κ1) is 14.8. The minimum absolute atomic E-state index is 0.148. The van der Waals surface area contributed by atoms with Gasteiger partial charge in [-0.05, 0) is 24.6 Å². The molecule has 1 aromatic heterocycles. The number of hydrogen-bond donors (Lipinski definition) is 1. The number of amides is 1. The Morgan fingerprint density at radius 1 is 1.24 bits per heavy atom. The highest BCUT2D eigenvalue weighted by atomic mass is 16.5. The number of ether oxygens (including phenoxy) is 1. The molecule has 0 aliphatic heterocycles. The Kier molecular flexibility index (Phi) is 5.52. The molecule has 0 radical (unpaired) electrons. The van der Waals surface area contributed by atoms with Crippen LogP contribution in [-0.2, 0) is 11.3 Å². The molecule has 0 unspecified atom stereocenters. The lowest BCUT2D eigenvalue weighted by Crippen LogP contribution is -2.20. The predicted octanol–water partition coefficient (Wildman–Crippen LogP) is 2.81. The Hall–Kier alpha value is -2.62. The molecule has 108 valence electrons. The molecule has 0 atom stereocenters. The van der Waals surface area contributed by atoms with Crippen molar-refractivity contribution in [3.63, 3.8) is 0 Å². The molecule has 1 heterocycles. The van der Waals surface area contributed by atoms with E-state index in [-0.39, 0.29) is 5.91 Å². The molecular formula is C17H18N2O2. The predicted molar refractivity (Wildman–Crippen MR) is 82.7 cm³/mol. The lowest BCUT2D eigenvalue weighted by molar-refractivity contribution is -0.116. The third-order valence-electron chi connectivity index (χ3n) is 2.81. The first-order valence-electron chi connectivity index (χ1n) is 6.87. The van der Waals surface area contributed by atoms with E-state index >= 15 is 0 Å². The van der Waals surface area contributed by atoms with Crippen LogP contribution in [0.4, 0.5) is 0 Å². The maximum atomic E-state index is 11.8. The molecule has 2 rings (SSSR count). The van der Waals surface area contributed by atoms with Crippen molar-refractivity contribution >= 4 is 12.0 Å². The summed E-state index contributed by atoms with van der Waals surface area (Å²) in [5.74, 6) is 0.414. The van der Waals surface area contributed by atoms with Crippen molar-refractivity contribution in [2.45, 2.75) is 13.5 Å². The van der Waals surface area contributed by atoms with Gasteiger partial charge in [0.05, 0.1) is 6.61 Å². The zero-order valence-corrected chi connectivity index (χ0v) is 12.0. The van der Waals surface area contributed by atoms with Crippen LogP contribution in [0.2, 0.25) is 0 Å². The zero-order valence-electron chi connectivity index (χ0n) is 12.0. The first-order valence-corrected chi connectivity index (χ1v) is 6.87. The Labute approximate surface area is 124 Å². The summed E-state index contributed by atoms with van der Waals surface area (Å²) < 4.78 is 5.42. The lowest BCUT2D eigenvalue weighted by atomic mass is 10.2. The van der Waals surface area contributed by atoms with E-state index in [9.17, 15) is 4.79 Å². The summed E-state index contributed by atoms with van der Waals surface area (Å²) in [6, 6.07) is 13.4. The molecule has 0 saturated carbocycles. The Balaban J connectivity index is 1.91. The van der Waals surface area contributed by atoms with Crippen LogP contribution in [-0.4, -0.2) is 17.5 Å². The fourth-order valence-corrected chi connectivity index (χ4v) is 1.80. The largest absolute Gasteiger partial charge is 0.478 e. The van der Waals surface area contributed by atoms with Gasteiger partial charge in [0, 0.05) is 24.4 Å². The summed E-state index contributed by atoms with van der Waals surface area (Å²) in [5, 5.41) is 2.82. The average molecular weight is 282 g/mol. The minimum atomic E-state index is -0.148. The van der Waals surface area contributed by atoms with E-state index in [1.54, 1.807) is 12.3 Å². The van der Waals surface area contributed by atoms with Crippen molar-refractivity contribution in [2.75, 3.05) is 6.61 Å². The highest BCUT2D eigenvalue weighted by Crippen LogP contribution is 2.13. The van der Waals surface area contributed by atoms with Gasteiger partial charge in [-0.3, -0.25) is 4.79 Å². The topological polar surface area (TPSA) is 51.2 Å². The SMILES string of the molecule is CCOc1ncccc1CNC(=O)C=Cc1ccccc1. The van der Waals surface area contributed by atoms with E-state index < -0.39 is 0 Å². The van der Waals surface area contributed by atoms with Crippen molar-refractivity contribution < 1.29 is 9.53 Å². The summed E-state index contributed by atoms with van der Waals surface area (Å²) in [4.78, 5) is 15.9. The molecule has 1 aromatic carbocycles. The van der Waals surface area contributed by atoms with Crippen molar-refractivity contribution in [3.05, 3.63) is 65.9 Å². The smallest absolute Gasteiger partial charge is 0.244 e. The molecule has 0 fully saturated rings. The number of pyridine rings is 1. The number of hydrogen-bond acceptors (Lipinski definition) is 3. The lowest BCUT2D eigenvalue weighted by Gasteiger charge is -2.08. The van der Waals surface area contributed by atoms with Crippen LogP contribution in [0.5, 0.6) is 5.88 Å². The van der Waals surface area contributed by atoms with Crippen LogP contribution in [0.25, 0.3) is 6.08 Å². The number of carbonyl (C=O) groups excluding carboxylic acids is 1. The molecule has 4 nitrogen and oxygen atoms in total. The second-order valence-corrected chi connectivity index (χ2v) is 4.36. The number of nitrogens with zero attached hydrogens (tertiary/aromatic N) is 1. The number of carbonyl (C=O) groups is 1. The maximum Gasteiger partial charge on any atom is 0.244 e. The highest BCUT2D eigenvalue weighted by Gasteiger charge is 2.04. The van der Waals surface area contributed by atoms with Gasteiger partial charge in [0.2, 0.25) is 11.8 Å². The monoisotopic (exact) mass is 282 g/mol. The third kappa shape index (κ3) is 4.76. The molecule has 1 N–H and O–H groups in total. The van der Waals surface area contributed by atoms with Gasteiger partial charge in [-0.15, -0.1) is 0 Å². The summed E-state index contributed by atoms with van der Waals surface area (Å²) >= 11 is 0. The summed E-state index contributed by atoms with van der Waals surface area (Å²) in [6.45, 7) is 2.84. The molecular weight excluding hydrogens is 264 g/mol. The van der Waals surface area contributed by atoms with Gasteiger partial charge in [-0.1, -0.05) is 36.4 Å². The molecule has 2 aromatic rings. The summed E-state index contributed by atoms with van der Waals surface area (Å²) in [5.41, 5.74) is 1.85. The normalized spacial score (nSPS) is 10.5. The number of rotatable bonds is 6. The van der Waals surface area contributed by atoms with Gasteiger partial charge in [0.25, 0.3) is 0 Å². The van der Waals surface area contributed by atoms with Crippen LogP contribution < -0.4 is 10.1 Å². The second kappa shape index (κ2) is 7.85. The van der Waals surface area contributed by atoms with Crippen molar-refractivity contribution in [2.24, 2.45) is 0 Å². The summed E-state index contributed by atoms with van der Waals surface area (Å²) in [6.07, 6.45) is 4.97. The van der Waals surface area contributed by atoms with Crippen molar-refractivity contribution in [1.82, 2.24) is 10.3 Å². The van der Waals surface area contributed by atoms with Crippen LogP contribution in [0.15, 0.2) is 54.7 Å². The van der Waals surface area contributed by atoms with E-state index in [0.717, 1.165) is 11.1 Å². The molecule has 0 aliphatic rings. The van der Waals surface area contributed by atoms with Crippen molar-refractivity contribution in [3.8, 4) is 5.88 Å². The van der Waals surface area contributed by atoms with Crippen LogP contribution in [0.1, 0.15) is 18.1 Å². The minimum Gasteiger partial charge on any atom is -0.478 e. The Bertz CT molecular complexity index is 609. The molecule has 0 saturated heterocycles. The first-order chi connectivity index (χ1) is 10.3. The maximum absolute atomic E-state index is 11.8. The van der Waals surface area contributed by atoms with Gasteiger partial charge in [0.15, 0.2) is 0 Å². The van der Waals surface area contributed by atoms with Crippen molar-refractivity contribution in [1.29, 1.82) is 0 Å².